The molecule has 0 bridgehead atoms. The molecule has 0 amide bonds. The third-order valence-electron chi connectivity index (χ3n) is 3.06. The Labute approximate surface area is 148 Å². The van der Waals surface area contributed by atoms with E-state index < -0.39 is 5.82 Å². The standard InChI is InChI=1S/C16H18FN3O4S/c1-4-24-15(21)5-10-9-25-16(19-10)20-18-8-12-13(17)6-11(22-2)7-14(12)23-3/h6-9H,4-5H2,1-3H3,(H,19,20). The Morgan fingerprint density at radius 3 is 2.88 bits per heavy atom. The van der Waals surface area contributed by atoms with Gasteiger partial charge in [0.1, 0.15) is 17.3 Å². The summed E-state index contributed by atoms with van der Waals surface area (Å²) in [6.45, 7) is 2.07. The summed E-state index contributed by atoms with van der Waals surface area (Å²) in [7, 11) is 2.88. The lowest BCUT2D eigenvalue weighted by Gasteiger charge is -2.08. The molecule has 1 aromatic carbocycles. The van der Waals surface area contributed by atoms with Crippen molar-refractivity contribution in [3.05, 3.63) is 34.6 Å². The number of benzene rings is 1. The topological polar surface area (TPSA) is 82.0 Å². The number of rotatable bonds is 8. The van der Waals surface area contributed by atoms with Gasteiger partial charge in [0.15, 0.2) is 0 Å². The van der Waals surface area contributed by atoms with Crippen molar-refractivity contribution in [3.8, 4) is 11.5 Å². The van der Waals surface area contributed by atoms with Gasteiger partial charge in [-0.15, -0.1) is 11.3 Å². The van der Waals surface area contributed by atoms with Crippen molar-refractivity contribution >= 4 is 28.7 Å². The van der Waals surface area contributed by atoms with Crippen molar-refractivity contribution in [3.63, 3.8) is 0 Å². The first-order valence-electron chi connectivity index (χ1n) is 7.38. The Balaban J connectivity index is 2.04. The second-order valence-electron chi connectivity index (χ2n) is 4.72. The minimum absolute atomic E-state index is 0.0939. The van der Waals surface area contributed by atoms with E-state index in [1.807, 2.05) is 0 Å². The number of nitrogens with one attached hydrogen (secondary N) is 1. The van der Waals surface area contributed by atoms with E-state index in [1.54, 1.807) is 18.4 Å². The highest BCUT2D eigenvalue weighted by Crippen LogP contribution is 2.26. The quantitative estimate of drug-likeness (QED) is 0.439. The van der Waals surface area contributed by atoms with E-state index >= 15 is 0 Å². The Morgan fingerprint density at radius 2 is 2.20 bits per heavy atom. The third kappa shape index (κ3) is 5.15. The molecule has 0 fully saturated rings. The van der Waals surface area contributed by atoms with Crippen LogP contribution in [0.25, 0.3) is 0 Å². The largest absolute Gasteiger partial charge is 0.497 e. The molecule has 134 valence electrons. The first-order chi connectivity index (χ1) is 12.1. The number of carbonyl (C=O) groups is 1. The molecule has 0 aliphatic carbocycles. The number of aromatic nitrogens is 1. The number of hydrazone groups is 1. The molecule has 9 heteroatoms. The molecule has 7 nitrogen and oxygen atoms in total. The number of esters is 1. The lowest BCUT2D eigenvalue weighted by Crippen LogP contribution is -2.07. The van der Waals surface area contributed by atoms with E-state index in [0.29, 0.717) is 28.9 Å². The summed E-state index contributed by atoms with van der Waals surface area (Å²) < 4.78 is 29.1. The number of thiazole rings is 1. The molecule has 1 aromatic heterocycles. The van der Waals surface area contributed by atoms with Gasteiger partial charge >= 0.3 is 5.97 Å². The van der Waals surface area contributed by atoms with Crippen molar-refractivity contribution in [2.45, 2.75) is 13.3 Å². The monoisotopic (exact) mass is 367 g/mol. The normalized spacial score (nSPS) is 10.7. The highest BCUT2D eigenvalue weighted by molar-refractivity contribution is 7.13. The van der Waals surface area contributed by atoms with Crippen molar-refractivity contribution in [2.75, 3.05) is 26.3 Å². The Morgan fingerprint density at radius 1 is 1.40 bits per heavy atom. The van der Waals surface area contributed by atoms with Crippen LogP contribution >= 0.6 is 11.3 Å². The highest BCUT2D eigenvalue weighted by Gasteiger charge is 2.11. The Kier molecular flexibility index (Phi) is 6.70. The lowest BCUT2D eigenvalue weighted by atomic mass is 10.2. The van der Waals surface area contributed by atoms with Gasteiger partial charge in [-0.25, -0.2) is 9.37 Å². The van der Waals surface area contributed by atoms with Gasteiger partial charge in [0.25, 0.3) is 0 Å². The van der Waals surface area contributed by atoms with Gasteiger partial charge in [-0.05, 0) is 6.92 Å². The smallest absolute Gasteiger partial charge is 0.311 e. The molecule has 0 radical (unpaired) electrons. The van der Waals surface area contributed by atoms with E-state index in [4.69, 9.17) is 14.2 Å². The van der Waals surface area contributed by atoms with Crippen LogP contribution in [-0.4, -0.2) is 38.0 Å². The van der Waals surface area contributed by atoms with Crippen LogP contribution in [0.4, 0.5) is 9.52 Å². The Hall–Kier alpha value is -2.68. The first kappa shape index (κ1) is 18.7. The first-order valence-corrected chi connectivity index (χ1v) is 8.26. The number of ether oxygens (including phenoxy) is 3. The van der Waals surface area contributed by atoms with Gasteiger partial charge in [-0.3, -0.25) is 10.2 Å². The predicted molar refractivity (Wildman–Crippen MR) is 93.2 cm³/mol. The number of carbonyl (C=O) groups excluding carboxylic acids is 1. The number of nitrogens with zero attached hydrogens (tertiary/aromatic N) is 2. The van der Waals surface area contributed by atoms with Crippen LogP contribution in [0.2, 0.25) is 0 Å². The summed E-state index contributed by atoms with van der Waals surface area (Å²) >= 11 is 1.28. The number of halogens is 1. The molecular formula is C16H18FN3O4S. The molecule has 0 saturated carbocycles. The van der Waals surface area contributed by atoms with Crippen LogP contribution in [0.5, 0.6) is 11.5 Å². The van der Waals surface area contributed by atoms with Gasteiger partial charge in [-0.2, -0.15) is 5.10 Å². The molecule has 0 aliphatic heterocycles. The fraction of sp³-hybridized carbons (Fsp3) is 0.312. The van der Waals surface area contributed by atoms with Gasteiger partial charge in [0.05, 0.1) is 44.7 Å². The molecule has 0 spiro atoms. The Bertz CT molecular complexity index is 764. The summed E-state index contributed by atoms with van der Waals surface area (Å²) in [4.78, 5) is 15.6. The van der Waals surface area contributed by atoms with E-state index in [0.717, 1.165) is 0 Å². The fourth-order valence-corrected chi connectivity index (χ4v) is 2.59. The zero-order valence-electron chi connectivity index (χ0n) is 14.0. The minimum atomic E-state index is -0.524. The summed E-state index contributed by atoms with van der Waals surface area (Å²) in [5, 5.41) is 6.16. The van der Waals surface area contributed by atoms with E-state index in [1.165, 1.54) is 37.8 Å². The highest BCUT2D eigenvalue weighted by atomic mass is 32.1. The van der Waals surface area contributed by atoms with Gasteiger partial charge in [-0.1, -0.05) is 0 Å². The minimum Gasteiger partial charge on any atom is -0.497 e. The molecule has 1 N–H and O–H groups in total. The summed E-state index contributed by atoms with van der Waals surface area (Å²) in [6.07, 6.45) is 1.39. The SMILES string of the molecule is CCOC(=O)Cc1csc(NN=Cc2c(F)cc(OC)cc2OC)n1. The van der Waals surface area contributed by atoms with Crippen molar-refractivity contribution in [1.29, 1.82) is 0 Å². The summed E-state index contributed by atoms with van der Waals surface area (Å²) in [5.74, 6) is -0.218. The van der Waals surface area contributed by atoms with Gasteiger partial charge in [0, 0.05) is 17.5 Å². The molecule has 2 rings (SSSR count). The van der Waals surface area contributed by atoms with Gasteiger partial charge in [0.2, 0.25) is 5.13 Å². The molecular weight excluding hydrogens is 349 g/mol. The summed E-state index contributed by atoms with van der Waals surface area (Å²) in [6, 6.07) is 2.80. The molecule has 0 saturated heterocycles. The number of methoxy groups -OCH3 is 2. The maximum absolute atomic E-state index is 14.1. The zero-order valence-corrected chi connectivity index (χ0v) is 14.9. The predicted octanol–water partition coefficient (Wildman–Crippen LogP) is 2.85. The van der Waals surface area contributed by atoms with Crippen LogP contribution in [0.15, 0.2) is 22.6 Å². The van der Waals surface area contributed by atoms with E-state index in [9.17, 15) is 9.18 Å². The zero-order chi connectivity index (χ0) is 18.2. The molecule has 2 aromatic rings. The van der Waals surface area contributed by atoms with Crippen LogP contribution in [0.3, 0.4) is 0 Å². The van der Waals surface area contributed by atoms with Crippen molar-refractivity contribution in [2.24, 2.45) is 5.10 Å². The molecule has 1 heterocycles. The molecule has 0 atom stereocenters. The maximum Gasteiger partial charge on any atom is 0.311 e. The second kappa shape index (κ2) is 8.97. The van der Waals surface area contributed by atoms with Crippen molar-refractivity contribution < 1.29 is 23.4 Å². The van der Waals surface area contributed by atoms with Gasteiger partial charge < -0.3 is 14.2 Å². The average Bonchev–Trinajstić information content (AvgIpc) is 3.03. The van der Waals surface area contributed by atoms with Crippen LogP contribution in [0, 0.1) is 5.82 Å². The van der Waals surface area contributed by atoms with Crippen LogP contribution < -0.4 is 14.9 Å². The average molecular weight is 367 g/mol. The number of hydrogen-bond acceptors (Lipinski definition) is 8. The third-order valence-corrected chi connectivity index (χ3v) is 3.85. The molecule has 0 aliphatic rings. The van der Waals surface area contributed by atoms with E-state index in [-0.39, 0.29) is 18.0 Å². The number of hydrogen-bond donors (Lipinski definition) is 1. The lowest BCUT2D eigenvalue weighted by molar-refractivity contribution is -0.142. The molecule has 25 heavy (non-hydrogen) atoms. The van der Waals surface area contributed by atoms with E-state index in [2.05, 4.69) is 15.5 Å². The maximum atomic E-state index is 14.1. The fourth-order valence-electron chi connectivity index (χ4n) is 1.93. The van der Waals surface area contributed by atoms with Crippen LogP contribution in [0.1, 0.15) is 18.2 Å². The van der Waals surface area contributed by atoms with Crippen molar-refractivity contribution in [1.82, 2.24) is 4.98 Å². The second-order valence-corrected chi connectivity index (χ2v) is 5.58. The number of anilines is 1. The van der Waals surface area contributed by atoms with Crippen LogP contribution in [-0.2, 0) is 16.0 Å². The summed E-state index contributed by atoms with van der Waals surface area (Å²) in [5.41, 5.74) is 3.46. The molecule has 0 unspecified atom stereocenters.